The molecule has 4 heterocycles. The normalized spacial score (nSPS) is 25.8. The van der Waals surface area contributed by atoms with Crippen molar-refractivity contribution in [1.82, 2.24) is 15.1 Å². The summed E-state index contributed by atoms with van der Waals surface area (Å²) < 4.78 is 6.31. The van der Waals surface area contributed by atoms with E-state index in [4.69, 9.17) is 25.2 Å². The number of piperidine rings is 3. The molecule has 1 aliphatic carbocycles. The molecule has 0 spiro atoms. The van der Waals surface area contributed by atoms with Crippen LogP contribution in [0.2, 0.25) is 0 Å². The summed E-state index contributed by atoms with van der Waals surface area (Å²) in [6, 6.07) is 10.2. The van der Waals surface area contributed by atoms with Crippen LogP contribution in [0.3, 0.4) is 0 Å². The topological polar surface area (TPSA) is 202 Å². The minimum atomic E-state index is -2.74. The molecular formula is C23H29N3O9S. The van der Waals surface area contributed by atoms with E-state index < -0.39 is 36.4 Å². The van der Waals surface area contributed by atoms with E-state index in [1.165, 1.54) is 32.5 Å². The van der Waals surface area contributed by atoms with Crippen LogP contribution < -0.4 is 4.74 Å². The maximum Gasteiger partial charge on any atom is 0.336 e. The lowest BCUT2D eigenvalue weighted by atomic mass is 9.66. The second-order valence-electron chi connectivity index (χ2n) is 9.38. The van der Waals surface area contributed by atoms with Gasteiger partial charge in [0.05, 0.1) is 12.8 Å². The van der Waals surface area contributed by atoms with Crippen LogP contribution in [0.1, 0.15) is 25.7 Å². The third-order valence-electron chi connectivity index (χ3n) is 6.65. The minimum absolute atomic E-state index is 0. The molecule has 0 radical (unpaired) electrons. The van der Waals surface area contributed by atoms with Crippen LogP contribution in [0, 0.1) is 17.8 Å². The van der Waals surface area contributed by atoms with Gasteiger partial charge in [0.2, 0.25) is 0 Å². The lowest BCUT2D eigenvalue weighted by molar-refractivity contribution is -0.170. The highest BCUT2D eigenvalue weighted by atomic mass is 32.1. The van der Waals surface area contributed by atoms with E-state index in [1.807, 2.05) is 18.2 Å². The van der Waals surface area contributed by atoms with Gasteiger partial charge in [0.15, 0.2) is 10.6 Å². The molecule has 0 amide bonds. The Morgan fingerprint density at radius 3 is 2.06 bits per heavy atom. The molecule has 2 unspecified atom stereocenters. The van der Waals surface area contributed by atoms with Gasteiger partial charge < -0.3 is 35.5 Å². The van der Waals surface area contributed by atoms with Crippen LogP contribution in [0.4, 0.5) is 0 Å². The number of ether oxygens (including phenoxy) is 1. The van der Waals surface area contributed by atoms with Crippen LogP contribution in [0.5, 0.6) is 5.19 Å². The molecule has 1 aromatic heterocycles. The van der Waals surface area contributed by atoms with Crippen molar-refractivity contribution in [3.05, 3.63) is 30.3 Å². The molecule has 6 rings (SSSR count). The van der Waals surface area contributed by atoms with Crippen LogP contribution >= 0.6 is 11.3 Å². The van der Waals surface area contributed by atoms with Gasteiger partial charge in [-0.15, -0.1) is 5.10 Å². The summed E-state index contributed by atoms with van der Waals surface area (Å²) in [6.45, 7) is 3.74. The predicted molar refractivity (Wildman–Crippen MR) is 127 cm³/mol. The Morgan fingerprint density at radius 1 is 0.972 bits per heavy atom. The third-order valence-corrected chi connectivity index (χ3v) is 7.52. The second-order valence-corrected chi connectivity index (χ2v) is 10.3. The number of carbonyl (C=O) groups is 3. The number of rotatable bonds is 8. The van der Waals surface area contributed by atoms with E-state index >= 15 is 0 Å². The van der Waals surface area contributed by atoms with E-state index in [0.29, 0.717) is 17.9 Å². The highest BCUT2D eigenvalue weighted by Gasteiger charge is 2.49. The lowest BCUT2D eigenvalue weighted by Crippen LogP contribution is -2.61. The first-order valence-electron chi connectivity index (χ1n) is 11.3. The van der Waals surface area contributed by atoms with Gasteiger partial charge in [-0.05, 0) is 18.8 Å². The Labute approximate surface area is 210 Å². The SMILES string of the molecule is O.O=C(O)CC(O)(CC(=O)O)C(=O)O.c1ccc(-c2nnc(OC3C4CC5CC3CN(C5)C4)s2)cc1. The molecule has 4 fully saturated rings. The Hall–Kier alpha value is -3.13. The number of nitrogens with zero attached hydrogens (tertiary/aromatic N) is 3. The van der Waals surface area contributed by atoms with Gasteiger partial charge >= 0.3 is 17.9 Å². The number of benzene rings is 1. The highest BCUT2D eigenvalue weighted by molar-refractivity contribution is 7.16. The number of carboxylic acids is 3. The number of aromatic nitrogens is 2. The molecule has 1 aromatic carbocycles. The van der Waals surface area contributed by atoms with Crippen LogP contribution in [0.15, 0.2) is 30.3 Å². The number of hydrogen-bond acceptors (Lipinski definition) is 9. The predicted octanol–water partition coefficient (Wildman–Crippen LogP) is 0.851. The zero-order valence-electron chi connectivity index (χ0n) is 19.3. The molecule has 196 valence electrons. The summed E-state index contributed by atoms with van der Waals surface area (Å²) >= 11 is 1.57. The molecular weight excluding hydrogens is 494 g/mol. The number of hydrogen-bond donors (Lipinski definition) is 4. The maximum atomic E-state index is 10.3. The molecule has 6 N–H and O–H groups in total. The zero-order valence-corrected chi connectivity index (χ0v) is 20.1. The molecule has 3 saturated heterocycles. The summed E-state index contributed by atoms with van der Waals surface area (Å²) in [5.41, 5.74) is -1.62. The molecule has 12 nitrogen and oxygen atoms in total. The standard InChI is InChI=1S/C17H19N3OS.C6H8O7.H2O/c1-2-4-12(5-3-1)16-18-19-17(22-16)21-15-13-6-11-7-14(15)10-20(8-11)9-13;7-3(8)1-6(13,5(11)12)2-4(9)10;/h1-5,11,13-15H,6-10H2;13H,1-2H2,(H,7,8)(H,9,10)(H,11,12);1H2. The Kier molecular flexibility index (Phi) is 8.61. The summed E-state index contributed by atoms with van der Waals surface area (Å²) in [6.07, 6.45) is 0.734. The van der Waals surface area contributed by atoms with Gasteiger partial charge in [0.25, 0.3) is 5.19 Å². The van der Waals surface area contributed by atoms with E-state index in [-0.39, 0.29) is 5.48 Å². The third kappa shape index (κ3) is 6.35. The zero-order chi connectivity index (χ0) is 25.2. The van der Waals surface area contributed by atoms with Gasteiger partial charge in [-0.3, -0.25) is 9.59 Å². The van der Waals surface area contributed by atoms with E-state index in [1.54, 1.807) is 11.3 Å². The average Bonchev–Trinajstić information content (AvgIpc) is 3.24. The van der Waals surface area contributed by atoms with Gasteiger partial charge in [-0.2, -0.15) is 0 Å². The summed E-state index contributed by atoms with van der Waals surface area (Å²) in [5.74, 6) is -2.73. The van der Waals surface area contributed by atoms with E-state index in [2.05, 4.69) is 27.2 Å². The molecule has 13 heteroatoms. The summed E-state index contributed by atoms with van der Waals surface area (Å²) in [4.78, 5) is 33.1. The minimum Gasteiger partial charge on any atom is -0.481 e. The Balaban J connectivity index is 0.000000226. The van der Waals surface area contributed by atoms with Gasteiger partial charge in [-0.1, -0.05) is 46.8 Å². The largest absolute Gasteiger partial charge is 0.481 e. The van der Waals surface area contributed by atoms with Crippen molar-refractivity contribution >= 4 is 29.2 Å². The molecule has 2 atom stereocenters. The van der Waals surface area contributed by atoms with E-state index in [0.717, 1.165) is 21.7 Å². The van der Waals surface area contributed by atoms with Crippen molar-refractivity contribution < 1.29 is 45.0 Å². The van der Waals surface area contributed by atoms with Gasteiger partial charge in [0.1, 0.15) is 6.10 Å². The average molecular weight is 524 g/mol. The Bertz CT molecular complexity index is 1030. The summed E-state index contributed by atoms with van der Waals surface area (Å²) in [7, 11) is 0. The van der Waals surface area contributed by atoms with Crippen molar-refractivity contribution in [1.29, 1.82) is 0 Å². The molecule has 4 aliphatic rings. The number of aliphatic hydroxyl groups is 1. The highest BCUT2D eigenvalue weighted by Crippen LogP contribution is 2.45. The lowest BCUT2D eigenvalue weighted by Gasteiger charge is -2.54. The first-order valence-corrected chi connectivity index (χ1v) is 12.1. The van der Waals surface area contributed by atoms with Crippen LogP contribution in [-0.2, 0) is 14.4 Å². The molecule has 4 bridgehead atoms. The first kappa shape index (κ1) is 27.5. The van der Waals surface area contributed by atoms with Crippen molar-refractivity contribution in [3.63, 3.8) is 0 Å². The smallest absolute Gasteiger partial charge is 0.336 e. The van der Waals surface area contributed by atoms with Crippen LogP contribution in [-0.4, -0.2) is 90.2 Å². The van der Waals surface area contributed by atoms with Gasteiger partial charge in [0, 0.05) is 37.0 Å². The fourth-order valence-corrected chi connectivity index (χ4v) is 6.08. The molecule has 2 aromatic rings. The summed E-state index contributed by atoms with van der Waals surface area (Å²) in [5, 5.41) is 44.1. The number of carboxylic acid groups (broad SMARTS) is 3. The fraction of sp³-hybridized carbons (Fsp3) is 0.522. The second kappa shape index (κ2) is 11.3. The maximum absolute atomic E-state index is 10.3. The molecule has 1 saturated carbocycles. The quantitative estimate of drug-likeness (QED) is 0.382. The van der Waals surface area contributed by atoms with Crippen molar-refractivity contribution in [2.75, 3.05) is 19.6 Å². The van der Waals surface area contributed by atoms with Crippen molar-refractivity contribution in [2.45, 2.75) is 37.4 Å². The fourth-order valence-electron chi connectivity index (χ4n) is 5.34. The van der Waals surface area contributed by atoms with Gasteiger partial charge in [-0.25, -0.2) is 4.79 Å². The van der Waals surface area contributed by atoms with Crippen molar-refractivity contribution in [2.24, 2.45) is 17.8 Å². The molecule has 36 heavy (non-hydrogen) atoms. The monoisotopic (exact) mass is 523 g/mol. The first-order chi connectivity index (χ1) is 16.6. The Morgan fingerprint density at radius 2 is 1.56 bits per heavy atom. The van der Waals surface area contributed by atoms with E-state index in [9.17, 15) is 14.4 Å². The van der Waals surface area contributed by atoms with Crippen molar-refractivity contribution in [3.8, 4) is 15.8 Å². The van der Waals surface area contributed by atoms with Crippen LogP contribution in [0.25, 0.3) is 10.6 Å². The molecule has 3 aliphatic heterocycles. The number of aliphatic carboxylic acids is 3.